The summed E-state index contributed by atoms with van der Waals surface area (Å²) in [4.78, 5) is 0. The van der Waals surface area contributed by atoms with Crippen LogP contribution in [-0.2, 0) is 10.8 Å². The lowest BCUT2D eigenvalue weighted by atomic mass is 9.46. The number of hydrogen-bond donors (Lipinski definition) is 0. The second-order valence-corrected chi connectivity index (χ2v) is 15.8. The first-order valence-corrected chi connectivity index (χ1v) is 16.5. The minimum absolute atomic E-state index is 0.0286. The van der Waals surface area contributed by atoms with Gasteiger partial charge in [-0.15, -0.1) is 0 Å². The highest BCUT2D eigenvalue weighted by Gasteiger charge is 2.40. The van der Waals surface area contributed by atoms with Crippen LogP contribution in [0.5, 0.6) is 0 Å². The van der Waals surface area contributed by atoms with Gasteiger partial charge < -0.3 is 9.05 Å². The van der Waals surface area contributed by atoms with Crippen molar-refractivity contribution in [3.05, 3.63) is 112 Å². The van der Waals surface area contributed by atoms with Crippen LogP contribution < -0.4 is 10.9 Å². The van der Waals surface area contributed by atoms with E-state index in [1.165, 1.54) is 93.6 Å². The topological polar surface area (TPSA) is 9.86 Å². The lowest BCUT2D eigenvalue weighted by molar-refractivity contribution is 0.591. The summed E-state index contributed by atoms with van der Waals surface area (Å²) in [6.45, 7) is 23.2. The van der Waals surface area contributed by atoms with E-state index < -0.39 is 0 Å². The fraction of sp³-hybridized carbons (Fsp3) is 0.286. The molecule has 0 saturated heterocycles. The van der Waals surface area contributed by atoms with Crippen LogP contribution in [0.3, 0.4) is 0 Å². The SMILES string of the molecule is Cc1cc(C)c2c(c1)c1cc(C)cc(C)c1n2B1c2ccccc2-n2c3cc(C(C)(C)C)ccc3c3ccc(C(C)(C)C)c1c32. The minimum Gasteiger partial charge on any atom is -0.375 e. The van der Waals surface area contributed by atoms with E-state index >= 15 is 0 Å². The molecule has 45 heavy (non-hydrogen) atoms. The highest BCUT2D eigenvalue weighted by molar-refractivity contribution is 6.88. The minimum atomic E-state index is -0.0397. The summed E-state index contributed by atoms with van der Waals surface area (Å²) in [5.74, 6) is 0. The summed E-state index contributed by atoms with van der Waals surface area (Å²) in [5.41, 5.74) is 17.5. The molecule has 1 aliphatic rings. The molecule has 3 heteroatoms. The largest absolute Gasteiger partial charge is 0.375 e. The molecular formula is C42H43BN2. The van der Waals surface area contributed by atoms with E-state index in [4.69, 9.17) is 0 Å². The molecule has 0 aliphatic carbocycles. The summed E-state index contributed by atoms with van der Waals surface area (Å²) in [7, 11) is 0. The molecule has 0 atom stereocenters. The molecular weight excluding hydrogens is 543 g/mol. The first-order chi connectivity index (χ1) is 21.3. The lowest BCUT2D eigenvalue weighted by Crippen LogP contribution is -2.55. The number of rotatable bonds is 1. The first kappa shape index (κ1) is 28.3. The molecule has 2 nitrogen and oxygen atoms in total. The van der Waals surface area contributed by atoms with Crippen LogP contribution in [-0.4, -0.2) is 15.9 Å². The zero-order chi connectivity index (χ0) is 31.7. The zero-order valence-corrected chi connectivity index (χ0v) is 28.5. The van der Waals surface area contributed by atoms with Crippen molar-refractivity contribution in [3.63, 3.8) is 0 Å². The molecule has 5 aromatic carbocycles. The third-order valence-corrected chi connectivity index (χ3v) is 10.3. The second-order valence-electron chi connectivity index (χ2n) is 15.8. The van der Waals surface area contributed by atoms with Gasteiger partial charge in [-0.25, -0.2) is 0 Å². The average Bonchev–Trinajstić information content (AvgIpc) is 3.46. The first-order valence-electron chi connectivity index (χ1n) is 16.5. The van der Waals surface area contributed by atoms with Crippen LogP contribution in [0.1, 0.15) is 74.9 Å². The quantitative estimate of drug-likeness (QED) is 0.170. The Bertz CT molecular complexity index is 2320. The van der Waals surface area contributed by atoms with Crippen molar-refractivity contribution >= 4 is 61.4 Å². The molecule has 224 valence electrons. The second kappa shape index (κ2) is 9.16. The molecule has 0 amide bonds. The molecule has 2 aromatic heterocycles. The van der Waals surface area contributed by atoms with E-state index in [2.05, 4.69) is 157 Å². The van der Waals surface area contributed by atoms with Gasteiger partial charge in [-0.3, -0.25) is 0 Å². The van der Waals surface area contributed by atoms with Crippen molar-refractivity contribution in [1.82, 2.24) is 9.05 Å². The van der Waals surface area contributed by atoms with Crippen LogP contribution in [0.2, 0.25) is 0 Å². The Morgan fingerprint density at radius 2 is 1.16 bits per heavy atom. The summed E-state index contributed by atoms with van der Waals surface area (Å²) >= 11 is 0. The van der Waals surface area contributed by atoms with Gasteiger partial charge in [0.2, 0.25) is 0 Å². The number of nitrogens with zero attached hydrogens (tertiary/aromatic N) is 2. The van der Waals surface area contributed by atoms with Gasteiger partial charge in [0.05, 0.1) is 11.0 Å². The summed E-state index contributed by atoms with van der Waals surface area (Å²) in [5, 5.41) is 5.39. The van der Waals surface area contributed by atoms with Crippen LogP contribution >= 0.6 is 0 Å². The average molecular weight is 587 g/mol. The molecule has 3 heterocycles. The van der Waals surface area contributed by atoms with Crippen LogP contribution in [0, 0.1) is 27.7 Å². The Hall–Kier alpha value is -4.24. The molecule has 7 aromatic rings. The van der Waals surface area contributed by atoms with Crippen LogP contribution in [0.15, 0.2) is 78.9 Å². The number of aromatic nitrogens is 2. The van der Waals surface area contributed by atoms with E-state index in [-0.39, 0.29) is 17.7 Å². The third-order valence-electron chi connectivity index (χ3n) is 10.3. The molecule has 0 radical (unpaired) electrons. The predicted molar refractivity (Wildman–Crippen MR) is 197 cm³/mol. The Balaban J connectivity index is 1.64. The van der Waals surface area contributed by atoms with E-state index in [1.807, 2.05) is 0 Å². The van der Waals surface area contributed by atoms with Crippen molar-refractivity contribution < 1.29 is 0 Å². The van der Waals surface area contributed by atoms with Crippen molar-refractivity contribution in [3.8, 4) is 5.69 Å². The molecule has 8 rings (SSSR count). The lowest BCUT2D eigenvalue weighted by Gasteiger charge is -2.34. The zero-order valence-electron chi connectivity index (χ0n) is 28.5. The summed E-state index contributed by atoms with van der Waals surface area (Å²) < 4.78 is 5.32. The maximum absolute atomic E-state index is 2.72. The maximum atomic E-state index is 2.72. The molecule has 0 fully saturated rings. The summed E-state index contributed by atoms with van der Waals surface area (Å²) in [6.07, 6.45) is 0. The fourth-order valence-corrected chi connectivity index (χ4v) is 8.46. The van der Waals surface area contributed by atoms with Crippen molar-refractivity contribution in [1.29, 1.82) is 0 Å². The smallest absolute Gasteiger partial charge is 0.332 e. The molecule has 0 N–H and O–H groups in total. The predicted octanol–water partition coefficient (Wildman–Crippen LogP) is 9.69. The number of para-hydroxylation sites is 1. The van der Waals surface area contributed by atoms with Crippen LogP contribution in [0.4, 0.5) is 0 Å². The molecule has 0 bridgehead atoms. The van der Waals surface area contributed by atoms with Gasteiger partial charge in [-0.1, -0.05) is 107 Å². The van der Waals surface area contributed by atoms with Crippen molar-refractivity contribution in [2.75, 3.05) is 0 Å². The van der Waals surface area contributed by atoms with Gasteiger partial charge in [0, 0.05) is 38.3 Å². The highest BCUT2D eigenvalue weighted by Crippen LogP contribution is 2.41. The van der Waals surface area contributed by atoms with E-state index in [1.54, 1.807) is 0 Å². The normalized spacial score (nSPS) is 13.5. The fourth-order valence-electron chi connectivity index (χ4n) is 8.46. The standard InChI is InChI=1S/C42H43BN2/c1-24-19-26(3)38-31(21-24)32-22-25(2)20-27(4)39(32)45(38)43-34-13-11-12-14-35(34)44-36-23-28(41(5,6)7)15-16-29(36)30-17-18-33(42(8,9)10)37(43)40(30)44/h11-23H,1-10H3. The number of aryl methyl sites for hydroxylation is 4. The Morgan fingerprint density at radius 1 is 0.556 bits per heavy atom. The maximum Gasteiger partial charge on any atom is 0.332 e. The number of benzene rings is 5. The summed E-state index contributed by atoms with van der Waals surface area (Å²) in [6, 6.07) is 30.7. The highest BCUT2D eigenvalue weighted by atomic mass is 15.0. The van der Waals surface area contributed by atoms with E-state index in [0.29, 0.717) is 0 Å². The van der Waals surface area contributed by atoms with Gasteiger partial charge in [0.15, 0.2) is 0 Å². The van der Waals surface area contributed by atoms with Gasteiger partial charge in [0.25, 0.3) is 0 Å². The molecule has 0 saturated carbocycles. The third kappa shape index (κ3) is 3.89. The van der Waals surface area contributed by atoms with Gasteiger partial charge >= 0.3 is 6.85 Å². The Morgan fingerprint density at radius 3 is 1.76 bits per heavy atom. The Kier molecular flexibility index (Phi) is 5.75. The van der Waals surface area contributed by atoms with Gasteiger partial charge in [-0.2, -0.15) is 0 Å². The number of fused-ring (bicyclic) bond motifs is 8. The van der Waals surface area contributed by atoms with E-state index in [9.17, 15) is 0 Å². The Labute approximate surface area is 267 Å². The molecule has 0 spiro atoms. The van der Waals surface area contributed by atoms with Gasteiger partial charge in [0.1, 0.15) is 0 Å². The molecule has 1 aliphatic heterocycles. The number of hydrogen-bond acceptors (Lipinski definition) is 0. The monoisotopic (exact) mass is 586 g/mol. The van der Waals surface area contributed by atoms with Crippen LogP contribution in [0.25, 0.3) is 49.3 Å². The van der Waals surface area contributed by atoms with E-state index in [0.717, 1.165) is 0 Å². The van der Waals surface area contributed by atoms with Crippen molar-refractivity contribution in [2.24, 2.45) is 0 Å². The molecule has 0 unspecified atom stereocenters. The van der Waals surface area contributed by atoms with Gasteiger partial charge in [-0.05, 0) is 96.0 Å². The van der Waals surface area contributed by atoms with Crippen molar-refractivity contribution in [2.45, 2.75) is 80.1 Å².